The molecule has 0 aromatic rings. The summed E-state index contributed by atoms with van der Waals surface area (Å²) in [7, 11) is 0. The molecule has 0 aliphatic rings. The molecule has 0 aliphatic heterocycles. The molecule has 0 N–H and O–H groups in total. The Morgan fingerprint density at radius 1 is 0.684 bits per heavy atom. The molecule has 0 spiro atoms. The zero-order valence-corrected chi connectivity index (χ0v) is 14.4. The number of unbranched alkanes of at least 4 members (excludes halogenated alkanes) is 3. The monoisotopic (exact) mass is 269 g/mol. The Morgan fingerprint density at radius 2 is 1.32 bits per heavy atom. The van der Waals surface area contributed by atoms with Gasteiger partial charge in [0.25, 0.3) is 0 Å². The second kappa shape index (κ2) is 11.8. The van der Waals surface area contributed by atoms with Crippen molar-refractivity contribution in [2.24, 2.45) is 5.41 Å². The fourth-order valence-electron chi connectivity index (χ4n) is 3.38. The Labute approximate surface area is 123 Å². The quantitative estimate of drug-likeness (QED) is 0.377. The van der Waals surface area contributed by atoms with Crippen molar-refractivity contribution in [1.82, 2.24) is 4.90 Å². The summed E-state index contributed by atoms with van der Waals surface area (Å²) in [5.74, 6) is 0. The topological polar surface area (TPSA) is 3.24 Å². The summed E-state index contributed by atoms with van der Waals surface area (Å²) in [6.07, 6.45) is 12.3. The molecule has 1 nitrogen and oxygen atoms in total. The van der Waals surface area contributed by atoms with Crippen molar-refractivity contribution >= 4 is 0 Å². The van der Waals surface area contributed by atoms with E-state index >= 15 is 0 Å². The van der Waals surface area contributed by atoms with Gasteiger partial charge in [0.05, 0.1) is 0 Å². The van der Waals surface area contributed by atoms with Gasteiger partial charge in [0.15, 0.2) is 0 Å². The first-order chi connectivity index (χ1) is 9.11. The van der Waals surface area contributed by atoms with Crippen molar-refractivity contribution in [3.8, 4) is 0 Å². The highest BCUT2D eigenvalue weighted by Gasteiger charge is 2.24. The van der Waals surface area contributed by atoms with Gasteiger partial charge in [-0.3, -0.25) is 0 Å². The van der Waals surface area contributed by atoms with Gasteiger partial charge in [0, 0.05) is 6.54 Å². The Bertz CT molecular complexity index is 182. The molecule has 0 unspecified atom stereocenters. The lowest BCUT2D eigenvalue weighted by atomic mass is 9.80. The minimum Gasteiger partial charge on any atom is -0.303 e. The van der Waals surface area contributed by atoms with Crippen LogP contribution in [-0.2, 0) is 0 Å². The van der Waals surface area contributed by atoms with E-state index in [0.29, 0.717) is 5.41 Å². The van der Waals surface area contributed by atoms with Gasteiger partial charge in [-0.1, -0.05) is 66.7 Å². The fraction of sp³-hybridized carbons (Fsp3) is 1.00. The molecule has 0 heterocycles. The van der Waals surface area contributed by atoms with Crippen molar-refractivity contribution in [2.45, 2.75) is 92.4 Å². The molecule has 1 heteroatoms. The van der Waals surface area contributed by atoms with Gasteiger partial charge in [0.1, 0.15) is 0 Å². The maximum absolute atomic E-state index is 2.74. The summed E-state index contributed by atoms with van der Waals surface area (Å²) >= 11 is 0. The van der Waals surface area contributed by atoms with Gasteiger partial charge in [-0.2, -0.15) is 0 Å². The Balaban J connectivity index is 4.25. The van der Waals surface area contributed by atoms with Crippen molar-refractivity contribution in [1.29, 1.82) is 0 Å². The third-order valence-corrected chi connectivity index (χ3v) is 4.18. The largest absolute Gasteiger partial charge is 0.303 e. The van der Waals surface area contributed by atoms with Crippen LogP contribution in [0.3, 0.4) is 0 Å². The van der Waals surface area contributed by atoms with Gasteiger partial charge >= 0.3 is 0 Å². The molecule has 0 aromatic carbocycles. The molecule has 0 saturated carbocycles. The van der Waals surface area contributed by atoms with Gasteiger partial charge < -0.3 is 4.90 Å². The van der Waals surface area contributed by atoms with Crippen LogP contribution in [0.2, 0.25) is 0 Å². The molecule has 0 radical (unpaired) electrons. The van der Waals surface area contributed by atoms with E-state index in [4.69, 9.17) is 0 Å². The highest BCUT2D eigenvalue weighted by Crippen LogP contribution is 2.30. The number of rotatable bonds is 13. The molecule has 116 valence electrons. The maximum Gasteiger partial charge on any atom is 0.00353 e. The van der Waals surface area contributed by atoms with Crippen molar-refractivity contribution < 1.29 is 0 Å². The summed E-state index contributed by atoms with van der Waals surface area (Å²) in [6.45, 7) is 15.7. The zero-order chi connectivity index (χ0) is 14.6. The number of nitrogens with zero attached hydrogens (tertiary/aromatic N) is 1. The lowest BCUT2D eigenvalue weighted by Crippen LogP contribution is -2.37. The SMILES string of the molecule is CCCCCCN(CCC)CC(C)(CCC)CCC. The van der Waals surface area contributed by atoms with Crippen LogP contribution in [-0.4, -0.2) is 24.5 Å². The minimum atomic E-state index is 0.545. The summed E-state index contributed by atoms with van der Waals surface area (Å²) in [5.41, 5.74) is 0.545. The Hall–Kier alpha value is -0.0400. The predicted molar refractivity (Wildman–Crippen MR) is 88.8 cm³/mol. The third-order valence-electron chi connectivity index (χ3n) is 4.18. The van der Waals surface area contributed by atoms with Gasteiger partial charge in [0.2, 0.25) is 0 Å². The van der Waals surface area contributed by atoms with Crippen LogP contribution in [0.25, 0.3) is 0 Å². The van der Waals surface area contributed by atoms with Crippen molar-refractivity contribution in [3.63, 3.8) is 0 Å². The van der Waals surface area contributed by atoms with Crippen LogP contribution in [0.5, 0.6) is 0 Å². The van der Waals surface area contributed by atoms with E-state index in [2.05, 4.69) is 39.5 Å². The second-order valence-electron chi connectivity index (χ2n) is 6.65. The first kappa shape index (κ1) is 19.0. The smallest absolute Gasteiger partial charge is 0.00353 e. The number of hydrogen-bond donors (Lipinski definition) is 0. The van der Waals surface area contributed by atoms with E-state index in [1.807, 2.05) is 0 Å². The van der Waals surface area contributed by atoms with E-state index in [-0.39, 0.29) is 0 Å². The zero-order valence-electron chi connectivity index (χ0n) is 14.4. The molecule has 19 heavy (non-hydrogen) atoms. The van der Waals surface area contributed by atoms with Crippen LogP contribution in [0, 0.1) is 5.41 Å². The van der Waals surface area contributed by atoms with Crippen molar-refractivity contribution in [2.75, 3.05) is 19.6 Å². The van der Waals surface area contributed by atoms with E-state index in [1.54, 1.807) is 0 Å². The van der Waals surface area contributed by atoms with Gasteiger partial charge in [-0.05, 0) is 44.2 Å². The Kier molecular flexibility index (Phi) is 11.7. The average Bonchev–Trinajstić information content (AvgIpc) is 2.35. The highest BCUT2D eigenvalue weighted by atomic mass is 15.1. The molecule has 0 saturated heterocycles. The first-order valence-corrected chi connectivity index (χ1v) is 8.84. The fourth-order valence-corrected chi connectivity index (χ4v) is 3.38. The minimum absolute atomic E-state index is 0.545. The molecule has 0 aliphatic carbocycles. The van der Waals surface area contributed by atoms with E-state index in [9.17, 15) is 0 Å². The third kappa shape index (κ3) is 9.49. The number of hydrogen-bond acceptors (Lipinski definition) is 1. The standard InChI is InChI=1S/C18H39N/c1-6-10-11-12-16-19(15-9-4)17-18(5,13-7-2)14-8-3/h6-17H2,1-5H3. The highest BCUT2D eigenvalue weighted by molar-refractivity contribution is 4.78. The van der Waals surface area contributed by atoms with Crippen LogP contribution < -0.4 is 0 Å². The normalized spacial score (nSPS) is 12.3. The van der Waals surface area contributed by atoms with Crippen molar-refractivity contribution in [3.05, 3.63) is 0 Å². The van der Waals surface area contributed by atoms with E-state index in [0.717, 1.165) is 0 Å². The predicted octanol–water partition coefficient (Wildman–Crippen LogP) is 5.89. The lowest BCUT2D eigenvalue weighted by Gasteiger charge is -2.35. The summed E-state index contributed by atoms with van der Waals surface area (Å²) in [4.78, 5) is 2.74. The molecular formula is C18H39N. The van der Waals surface area contributed by atoms with Crippen LogP contribution in [0.4, 0.5) is 0 Å². The van der Waals surface area contributed by atoms with Gasteiger partial charge in [-0.15, -0.1) is 0 Å². The van der Waals surface area contributed by atoms with E-state index < -0.39 is 0 Å². The molecule has 0 fully saturated rings. The molecular weight excluding hydrogens is 230 g/mol. The molecule has 0 rings (SSSR count). The van der Waals surface area contributed by atoms with Crippen LogP contribution >= 0.6 is 0 Å². The van der Waals surface area contributed by atoms with Crippen LogP contribution in [0.1, 0.15) is 92.4 Å². The second-order valence-corrected chi connectivity index (χ2v) is 6.65. The average molecular weight is 270 g/mol. The molecule has 0 bridgehead atoms. The lowest BCUT2D eigenvalue weighted by molar-refractivity contribution is 0.139. The first-order valence-electron chi connectivity index (χ1n) is 8.84. The maximum atomic E-state index is 2.74. The van der Waals surface area contributed by atoms with E-state index in [1.165, 1.54) is 77.4 Å². The Morgan fingerprint density at radius 3 is 1.79 bits per heavy atom. The molecule has 0 aromatic heterocycles. The summed E-state index contributed by atoms with van der Waals surface area (Å²) in [5, 5.41) is 0. The molecule has 0 atom stereocenters. The van der Waals surface area contributed by atoms with Crippen LogP contribution in [0.15, 0.2) is 0 Å². The summed E-state index contributed by atoms with van der Waals surface area (Å²) < 4.78 is 0. The molecule has 0 amide bonds. The summed E-state index contributed by atoms with van der Waals surface area (Å²) in [6, 6.07) is 0. The van der Waals surface area contributed by atoms with Gasteiger partial charge in [-0.25, -0.2) is 0 Å².